The Balaban J connectivity index is 1.49. The average molecular weight is 504 g/mol. The lowest BCUT2D eigenvalue weighted by Gasteiger charge is -2.11. The fourth-order valence-corrected chi connectivity index (χ4v) is 4.56. The summed E-state index contributed by atoms with van der Waals surface area (Å²) in [5.74, 6) is 2.71. The summed E-state index contributed by atoms with van der Waals surface area (Å²) in [5.41, 5.74) is 5.33. The van der Waals surface area contributed by atoms with E-state index in [1.807, 2.05) is 47.1 Å². The fraction of sp³-hybridized carbons (Fsp3) is 0.222. The first-order valence-electron chi connectivity index (χ1n) is 11.2. The topological polar surface area (TPSA) is 48.3 Å². The summed E-state index contributed by atoms with van der Waals surface area (Å²) in [4.78, 5) is 0. The van der Waals surface area contributed by atoms with Crippen molar-refractivity contribution in [1.82, 2.24) is 9.78 Å². The molecule has 0 atom stereocenters. The number of nitrogens with one attached hydrogen (secondary N) is 1. The Bertz CT molecular complexity index is 1240. The van der Waals surface area contributed by atoms with E-state index in [1.165, 1.54) is 5.56 Å². The first-order valence-corrected chi connectivity index (χ1v) is 12.0. The van der Waals surface area contributed by atoms with Crippen LogP contribution in [0.2, 0.25) is 0 Å². The summed E-state index contributed by atoms with van der Waals surface area (Å²) in [5, 5.41) is 8.67. The summed E-state index contributed by atoms with van der Waals surface area (Å²) in [6, 6.07) is 24.4. The molecule has 0 saturated carbocycles. The van der Waals surface area contributed by atoms with E-state index in [0.717, 1.165) is 70.1 Å². The first kappa shape index (κ1) is 21.6. The van der Waals surface area contributed by atoms with E-state index in [0.29, 0.717) is 6.61 Å². The highest BCUT2D eigenvalue weighted by atomic mass is 79.9. The largest absolute Gasteiger partial charge is 0.496 e. The number of nitrogens with zero attached hydrogens (tertiary/aromatic N) is 2. The number of rotatable bonds is 6. The molecule has 0 fully saturated rings. The smallest absolute Gasteiger partial charge is 0.133 e. The molecule has 5 nitrogen and oxygen atoms in total. The molecular weight excluding hydrogens is 478 g/mol. The Morgan fingerprint density at radius 3 is 2.61 bits per heavy atom. The molecule has 1 aliphatic heterocycles. The van der Waals surface area contributed by atoms with Crippen LogP contribution in [-0.4, -0.2) is 23.4 Å². The predicted molar refractivity (Wildman–Crippen MR) is 135 cm³/mol. The number of fused-ring (bicyclic) bond motifs is 1. The van der Waals surface area contributed by atoms with Crippen molar-refractivity contribution in [3.8, 4) is 28.4 Å². The predicted octanol–water partition coefficient (Wildman–Crippen LogP) is 6.64. The Morgan fingerprint density at radius 1 is 1.00 bits per heavy atom. The molecular formula is C27H26BrN3O2. The van der Waals surface area contributed by atoms with Gasteiger partial charge in [-0.2, -0.15) is 5.10 Å². The molecule has 6 heteroatoms. The van der Waals surface area contributed by atoms with Gasteiger partial charge in [0.05, 0.1) is 12.8 Å². The number of hydrogen-bond donors (Lipinski definition) is 1. The second-order valence-corrected chi connectivity index (χ2v) is 9.00. The minimum absolute atomic E-state index is 0.547. The molecule has 1 N–H and O–H groups in total. The zero-order chi connectivity index (χ0) is 22.6. The zero-order valence-electron chi connectivity index (χ0n) is 18.6. The highest BCUT2D eigenvalue weighted by Crippen LogP contribution is 2.39. The van der Waals surface area contributed by atoms with Crippen molar-refractivity contribution in [2.75, 3.05) is 19.0 Å². The Kier molecular flexibility index (Phi) is 6.35. The van der Waals surface area contributed by atoms with Crippen molar-refractivity contribution in [3.05, 3.63) is 88.4 Å². The van der Waals surface area contributed by atoms with Crippen molar-refractivity contribution in [3.63, 3.8) is 0 Å². The second-order valence-electron chi connectivity index (χ2n) is 8.08. The molecule has 33 heavy (non-hydrogen) atoms. The van der Waals surface area contributed by atoms with Gasteiger partial charge >= 0.3 is 0 Å². The fourth-order valence-electron chi connectivity index (χ4n) is 4.20. The summed E-state index contributed by atoms with van der Waals surface area (Å²) < 4.78 is 14.6. The number of aromatic nitrogens is 2. The third kappa shape index (κ3) is 4.62. The van der Waals surface area contributed by atoms with Gasteiger partial charge in [-0.15, -0.1) is 0 Å². The number of halogens is 1. The lowest BCUT2D eigenvalue weighted by atomic mass is 10.0. The van der Waals surface area contributed by atoms with E-state index >= 15 is 0 Å². The molecule has 0 saturated heterocycles. The monoisotopic (exact) mass is 503 g/mol. The van der Waals surface area contributed by atoms with Crippen molar-refractivity contribution in [1.29, 1.82) is 0 Å². The second kappa shape index (κ2) is 9.71. The number of ether oxygens (including phenoxy) is 2. The lowest BCUT2D eigenvalue weighted by molar-refractivity contribution is 0.306. The molecule has 0 aliphatic carbocycles. The maximum absolute atomic E-state index is 5.97. The van der Waals surface area contributed by atoms with Crippen LogP contribution < -0.4 is 14.8 Å². The van der Waals surface area contributed by atoms with Gasteiger partial charge in [0.1, 0.15) is 29.6 Å². The molecule has 1 aromatic heterocycles. The van der Waals surface area contributed by atoms with Crippen molar-refractivity contribution >= 4 is 21.7 Å². The van der Waals surface area contributed by atoms with Crippen LogP contribution in [0, 0.1) is 0 Å². The van der Waals surface area contributed by atoms with Gasteiger partial charge in [0.25, 0.3) is 0 Å². The average Bonchev–Trinajstić information content (AvgIpc) is 3.04. The van der Waals surface area contributed by atoms with E-state index in [9.17, 15) is 0 Å². The molecule has 3 aromatic carbocycles. The van der Waals surface area contributed by atoms with Gasteiger partial charge in [0.15, 0.2) is 0 Å². The van der Waals surface area contributed by atoms with Crippen LogP contribution in [-0.2, 0) is 13.0 Å². The van der Waals surface area contributed by atoms with Crippen LogP contribution in [0.1, 0.15) is 24.0 Å². The van der Waals surface area contributed by atoms with Crippen LogP contribution in [0.15, 0.2) is 77.3 Å². The first-order chi connectivity index (χ1) is 16.2. The summed E-state index contributed by atoms with van der Waals surface area (Å²) in [6.07, 6.45) is 3.24. The lowest BCUT2D eigenvalue weighted by Crippen LogP contribution is -2.07. The van der Waals surface area contributed by atoms with Gasteiger partial charge in [-0.25, -0.2) is 4.68 Å². The van der Waals surface area contributed by atoms with Crippen LogP contribution in [0.5, 0.6) is 11.5 Å². The van der Waals surface area contributed by atoms with E-state index in [1.54, 1.807) is 7.11 Å². The third-order valence-corrected chi connectivity index (χ3v) is 6.37. The van der Waals surface area contributed by atoms with Gasteiger partial charge in [-0.3, -0.25) is 0 Å². The summed E-state index contributed by atoms with van der Waals surface area (Å²) in [7, 11) is 1.70. The van der Waals surface area contributed by atoms with E-state index in [-0.39, 0.29) is 0 Å². The van der Waals surface area contributed by atoms with Gasteiger partial charge in [-0.05, 0) is 67.3 Å². The van der Waals surface area contributed by atoms with Crippen molar-refractivity contribution in [2.45, 2.75) is 25.9 Å². The Hall–Kier alpha value is -3.25. The molecule has 2 heterocycles. The molecule has 5 rings (SSSR count). The number of methoxy groups -OCH3 is 1. The molecule has 0 unspecified atom stereocenters. The molecule has 0 radical (unpaired) electrons. The van der Waals surface area contributed by atoms with Gasteiger partial charge in [-0.1, -0.05) is 46.3 Å². The van der Waals surface area contributed by atoms with Crippen LogP contribution in [0.25, 0.3) is 16.9 Å². The highest BCUT2D eigenvalue weighted by Gasteiger charge is 2.23. The van der Waals surface area contributed by atoms with Gasteiger partial charge in [0, 0.05) is 22.1 Å². The molecule has 0 amide bonds. The SMILES string of the molecule is COc1ccc(Br)cc1-c1nn(-c2ccc(OCc3ccccc3)cc2)c2c1CCCCN2. The van der Waals surface area contributed by atoms with E-state index in [4.69, 9.17) is 14.6 Å². The van der Waals surface area contributed by atoms with Crippen molar-refractivity contribution < 1.29 is 9.47 Å². The summed E-state index contributed by atoms with van der Waals surface area (Å²) in [6.45, 7) is 1.48. The molecule has 0 spiro atoms. The van der Waals surface area contributed by atoms with E-state index in [2.05, 4.69) is 51.6 Å². The normalized spacial score (nSPS) is 13.0. The maximum atomic E-state index is 5.97. The number of hydrogen-bond acceptors (Lipinski definition) is 4. The van der Waals surface area contributed by atoms with E-state index < -0.39 is 0 Å². The third-order valence-electron chi connectivity index (χ3n) is 5.88. The quantitative estimate of drug-likeness (QED) is 0.320. The Labute approximate surface area is 202 Å². The van der Waals surface area contributed by atoms with Crippen LogP contribution >= 0.6 is 15.9 Å². The number of anilines is 1. The standard InChI is InChI=1S/C27H26BrN3O2/c1-32-25-15-10-20(28)17-24(25)26-23-9-5-6-16-29-27(23)31(30-26)21-11-13-22(14-12-21)33-18-19-7-3-2-4-8-19/h2-4,7-8,10-15,17,29H,5-6,9,16,18H2,1H3. The van der Waals surface area contributed by atoms with Crippen LogP contribution in [0.4, 0.5) is 5.82 Å². The highest BCUT2D eigenvalue weighted by molar-refractivity contribution is 9.10. The minimum atomic E-state index is 0.547. The molecule has 0 bridgehead atoms. The van der Waals surface area contributed by atoms with Crippen LogP contribution in [0.3, 0.4) is 0 Å². The Morgan fingerprint density at radius 2 is 1.82 bits per heavy atom. The molecule has 168 valence electrons. The zero-order valence-corrected chi connectivity index (χ0v) is 20.1. The van der Waals surface area contributed by atoms with Gasteiger partial charge < -0.3 is 14.8 Å². The molecule has 4 aromatic rings. The molecule has 1 aliphatic rings. The summed E-state index contributed by atoms with van der Waals surface area (Å²) >= 11 is 3.61. The maximum Gasteiger partial charge on any atom is 0.133 e. The van der Waals surface area contributed by atoms with Crippen molar-refractivity contribution in [2.24, 2.45) is 0 Å². The van der Waals surface area contributed by atoms with Gasteiger partial charge in [0.2, 0.25) is 0 Å². The number of benzene rings is 3. The minimum Gasteiger partial charge on any atom is -0.496 e.